The van der Waals surface area contributed by atoms with Gasteiger partial charge in [-0.05, 0) is 12.5 Å². The van der Waals surface area contributed by atoms with Gasteiger partial charge >= 0.3 is 0 Å². The summed E-state index contributed by atoms with van der Waals surface area (Å²) < 4.78 is 31.2. The van der Waals surface area contributed by atoms with Gasteiger partial charge in [0.25, 0.3) is 10.1 Å². The Hall–Kier alpha value is -0.880. The second kappa shape index (κ2) is 9.97. The summed E-state index contributed by atoms with van der Waals surface area (Å²) in [6, 6.07) is 0. The summed E-state index contributed by atoms with van der Waals surface area (Å²) in [5.74, 6) is -0.592. The van der Waals surface area contributed by atoms with Crippen molar-refractivity contribution in [2.45, 2.75) is 63.7 Å². The van der Waals surface area contributed by atoms with E-state index in [1.165, 1.54) is 19.3 Å². The molecule has 0 rings (SSSR count). The van der Waals surface area contributed by atoms with E-state index in [0.29, 0.717) is 6.42 Å². The second-order valence-electron chi connectivity index (χ2n) is 4.63. The first-order chi connectivity index (χ1) is 8.91. The van der Waals surface area contributed by atoms with E-state index in [2.05, 4.69) is 18.8 Å². The Labute approximate surface area is 116 Å². The molecule has 0 aliphatic heterocycles. The summed E-state index contributed by atoms with van der Waals surface area (Å²) >= 11 is 0. The molecule has 1 atom stereocenters. The van der Waals surface area contributed by atoms with Gasteiger partial charge in [0.05, 0.1) is 0 Å². The minimum atomic E-state index is -4.25. The van der Waals surface area contributed by atoms with Gasteiger partial charge in [-0.3, -0.25) is 9.35 Å². The zero-order valence-corrected chi connectivity index (χ0v) is 12.4. The van der Waals surface area contributed by atoms with E-state index in [0.717, 1.165) is 25.3 Å². The number of unbranched alkanes of at least 4 members (excludes halogenated alkanes) is 6. The maximum Gasteiger partial charge on any atom is 0.286 e. The first-order valence-electron chi connectivity index (χ1n) is 6.81. The fourth-order valence-corrected chi connectivity index (χ4v) is 2.53. The van der Waals surface area contributed by atoms with Gasteiger partial charge in [-0.15, -0.1) is 0 Å². The summed E-state index contributed by atoms with van der Waals surface area (Å²) in [5, 5.41) is 0.995. The number of hydrogen-bond donors (Lipinski definition) is 2. The number of carbonyl (C=O) groups excluding carboxylic acids is 1. The van der Waals surface area contributed by atoms with Crippen molar-refractivity contribution in [1.29, 1.82) is 0 Å². The molecule has 1 unspecified atom stereocenters. The van der Waals surface area contributed by atoms with Gasteiger partial charge in [0.1, 0.15) is 0 Å². The van der Waals surface area contributed by atoms with E-state index >= 15 is 0 Å². The number of rotatable bonds is 11. The zero-order valence-electron chi connectivity index (χ0n) is 11.6. The van der Waals surface area contributed by atoms with Crippen molar-refractivity contribution < 1.29 is 17.8 Å². The van der Waals surface area contributed by atoms with Crippen LogP contribution in [-0.2, 0) is 14.9 Å². The van der Waals surface area contributed by atoms with Gasteiger partial charge in [0, 0.05) is 0 Å². The quantitative estimate of drug-likeness (QED) is 0.348. The molecule has 0 radical (unpaired) electrons. The number of nitrogens with one attached hydrogen (secondary N) is 1. The molecule has 0 aromatic heterocycles. The standard InChI is InChI=1S/C13H25NO4S/c1-3-5-6-7-8-9-10-11-13(19(16,17)18)14-12(15)4-2/h4,13H,2-3,5-11H2,1H3,(H,14,15)(H,16,17,18). The van der Waals surface area contributed by atoms with Gasteiger partial charge in [-0.1, -0.05) is 58.4 Å². The molecule has 19 heavy (non-hydrogen) atoms. The molecular weight excluding hydrogens is 266 g/mol. The molecule has 0 saturated carbocycles. The third-order valence-electron chi connectivity index (χ3n) is 2.92. The van der Waals surface area contributed by atoms with Crippen molar-refractivity contribution in [3.05, 3.63) is 12.7 Å². The predicted molar refractivity (Wildman–Crippen MR) is 76.3 cm³/mol. The van der Waals surface area contributed by atoms with Crippen molar-refractivity contribution in [3.8, 4) is 0 Å². The molecule has 0 aromatic rings. The van der Waals surface area contributed by atoms with Crippen LogP contribution < -0.4 is 5.32 Å². The van der Waals surface area contributed by atoms with E-state index < -0.39 is 21.4 Å². The molecular formula is C13H25NO4S. The van der Waals surface area contributed by atoms with E-state index in [9.17, 15) is 13.2 Å². The van der Waals surface area contributed by atoms with E-state index in [-0.39, 0.29) is 6.42 Å². The maximum absolute atomic E-state index is 11.1. The van der Waals surface area contributed by atoms with Crippen LogP contribution in [0.2, 0.25) is 0 Å². The third kappa shape index (κ3) is 9.67. The number of carbonyl (C=O) groups is 1. The Kier molecular flexibility index (Phi) is 9.51. The molecule has 112 valence electrons. The first kappa shape index (κ1) is 18.1. The average Bonchev–Trinajstić information content (AvgIpc) is 2.34. The lowest BCUT2D eigenvalue weighted by Crippen LogP contribution is -2.39. The maximum atomic E-state index is 11.1. The fourth-order valence-electron chi connectivity index (χ4n) is 1.80. The number of amides is 1. The average molecular weight is 291 g/mol. The zero-order chi connectivity index (χ0) is 14.7. The van der Waals surface area contributed by atoms with Crippen LogP contribution >= 0.6 is 0 Å². The van der Waals surface area contributed by atoms with Crippen molar-refractivity contribution in [2.24, 2.45) is 0 Å². The normalized spacial score (nSPS) is 12.9. The lowest BCUT2D eigenvalue weighted by atomic mass is 10.1. The molecule has 0 saturated heterocycles. The van der Waals surface area contributed by atoms with Crippen LogP contribution in [0.5, 0.6) is 0 Å². The second-order valence-corrected chi connectivity index (χ2v) is 6.23. The molecule has 2 N–H and O–H groups in total. The molecule has 0 aromatic carbocycles. The van der Waals surface area contributed by atoms with Crippen molar-refractivity contribution in [3.63, 3.8) is 0 Å². The van der Waals surface area contributed by atoms with E-state index in [1.807, 2.05) is 0 Å². The van der Waals surface area contributed by atoms with Crippen molar-refractivity contribution in [1.82, 2.24) is 5.32 Å². The highest BCUT2D eigenvalue weighted by molar-refractivity contribution is 7.86. The van der Waals surface area contributed by atoms with Gasteiger partial charge in [0.15, 0.2) is 5.37 Å². The third-order valence-corrected chi connectivity index (χ3v) is 3.99. The first-order valence-corrected chi connectivity index (χ1v) is 8.31. The summed E-state index contributed by atoms with van der Waals surface area (Å²) in [7, 11) is -4.25. The highest BCUT2D eigenvalue weighted by Gasteiger charge is 2.23. The monoisotopic (exact) mass is 291 g/mol. The highest BCUT2D eigenvalue weighted by atomic mass is 32.2. The molecule has 0 aliphatic rings. The molecule has 1 amide bonds. The molecule has 0 fully saturated rings. The minimum Gasteiger partial charge on any atom is -0.334 e. The van der Waals surface area contributed by atoms with Gasteiger partial charge in [-0.25, -0.2) is 0 Å². The Morgan fingerprint density at radius 3 is 2.21 bits per heavy atom. The van der Waals surface area contributed by atoms with Crippen LogP contribution in [0.15, 0.2) is 12.7 Å². The SMILES string of the molecule is C=CC(=O)NC(CCCCCCCCC)S(=O)(=O)O. The van der Waals surface area contributed by atoms with Crippen LogP contribution in [0.3, 0.4) is 0 Å². The molecule has 0 bridgehead atoms. The lowest BCUT2D eigenvalue weighted by molar-refractivity contribution is -0.116. The molecule has 0 spiro atoms. The largest absolute Gasteiger partial charge is 0.334 e. The molecule has 0 heterocycles. The summed E-state index contributed by atoms with van der Waals surface area (Å²) in [5.41, 5.74) is 0. The van der Waals surface area contributed by atoms with Crippen molar-refractivity contribution in [2.75, 3.05) is 0 Å². The van der Waals surface area contributed by atoms with Crippen molar-refractivity contribution >= 4 is 16.0 Å². The van der Waals surface area contributed by atoms with Crippen LogP contribution in [0.1, 0.15) is 58.3 Å². The Balaban J connectivity index is 3.95. The van der Waals surface area contributed by atoms with Gasteiger partial charge in [0.2, 0.25) is 5.91 Å². The predicted octanol–water partition coefficient (Wildman–Crippen LogP) is 2.64. The molecule has 5 nitrogen and oxygen atoms in total. The minimum absolute atomic E-state index is 0.228. The Morgan fingerprint density at radius 2 is 1.74 bits per heavy atom. The fraction of sp³-hybridized carbons (Fsp3) is 0.769. The topological polar surface area (TPSA) is 83.5 Å². The Bertz CT molecular complexity index is 365. The lowest BCUT2D eigenvalue weighted by Gasteiger charge is -2.14. The van der Waals surface area contributed by atoms with E-state index in [4.69, 9.17) is 4.55 Å². The van der Waals surface area contributed by atoms with Crippen LogP contribution in [0.4, 0.5) is 0 Å². The van der Waals surface area contributed by atoms with Crippen LogP contribution in [0.25, 0.3) is 0 Å². The summed E-state index contributed by atoms with van der Waals surface area (Å²) in [6.07, 6.45) is 8.59. The Morgan fingerprint density at radius 1 is 1.21 bits per heavy atom. The van der Waals surface area contributed by atoms with Crippen LogP contribution in [-0.4, -0.2) is 24.3 Å². The molecule has 0 aliphatic carbocycles. The summed E-state index contributed by atoms with van der Waals surface area (Å²) in [6.45, 7) is 5.40. The number of hydrogen-bond acceptors (Lipinski definition) is 3. The smallest absolute Gasteiger partial charge is 0.286 e. The van der Waals surface area contributed by atoms with E-state index in [1.54, 1.807) is 0 Å². The van der Waals surface area contributed by atoms with Gasteiger partial charge < -0.3 is 5.32 Å². The summed E-state index contributed by atoms with van der Waals surface area (Å²) in [4.78, 5) is 11.1. The van der Waals surface area contributed by atoms with Gasteiger partial charge in [-0.2, -0.15) is 8.42 Å². The highest BCUT2D eigenvalue weighted by Crippen LogP contribution is 2.12. The molecule has 6 heteroatoms. The van der Waals surface area contributed by atoms with Crippen LogP contribution in [0, 0.1) is 0 Å².